The second kappa shape index (κ2) is 9.30. The second-order valence-electron chi connectivity index (χ2n) is 6.63. The summed E-state index contributed by atoms with van der Waals surface area (Å²) in [6.07, 6.45) is 1.13. The molecule has 0 spiro atoms. The predicted octanol–water partition coefficient (Wildman–Crippen LogP) is 3.95. The number of rotatable bonds is 6. The molecule has 0 atom stereocenters. The van der Waals surface area contributed by atoms with E-state index in [0.717, 1.165) is 11.6 Å². The van der Waals surface area contributed by atoms with Crippen molar-refractivity contribution in [1.82, 2.24) is 5.32 Å². The lowest BCUT2D eigenvalue weighted by Crippen LogP contribution is -2.36. The SMILES string of the molecule is O=C(NCCCC(=O)N1CCCc2c(F)cc(F)cc21)OCc1ccccc1. The Hall–Kier alpha value is -2.96. The van der Waals surface area contributed by atoms with E-state index >= 15 is 0 Å². The number of halogens is 2. The Morgan fingerprint density at radius 2 is 1.93 bits per heavy atom. The fourth-order valence-electron chi connectivity index (χ4n) is 3.21. The summed E-state index contributed by atoms with van der Waals surface area (Å²) in [7, 11) is 0. The zero-order chi connectivity index (χ0) is 19.9. The van der Waals surface area contributed by atoms with Crippen molar-refractivity contribution in [1.29, 1.82) is 0 Å². The fourth-order valence-corrected chi connectivity index (χ4v) is 3.21. The fraction of sp³-hybridized carbons (Fsp3) is 0.333. The first-order valence-electron chi connectivity index (χ1n) is 9.27. The van der Waals surface area contributed by atoms with Crippen LogP contribution in [-0.2, 0) is 22.6 Å². The molecule has 2 aromatic carbocycles. The number of carbonyl (C=O) groups excluding carboxylic acids is 2. The molecule has 7 heteroatoms. The molecule has 2 aromatic rings. The lowest BCUT2D eigenvalue weighted by molar-refractivity contribution is -0.118. The maximum Gasteiger partial charge on any atom is 0.407 e. The molecule has 1 aliphatic heterocycles. The Balaban J connectivity index is 1.43. The lowest BCUT2D eigenvalue weighted by Gasteiger charge is -2.30. The highest BCUT2D eigenvalue weighted by atomic mass is 19.1. The van der Waals surface area contributed by atoms with Crippen molar-refractivity contribution in [3.8, 4) is 0 Å². The first-order valence-corrected chi connectivity index (χ1v) is 9.27. The Morgan fingerprint density at radius 3 is 2.71 bits per heavy atom. The lowest BCUT2D eigenvalue weighted by atomic mass is 10.0. The van der Waals surface area contributed by atoms with Gasteiger partial charge in [0.2, 0.25) is 5.91 Å². The maximum atomic E-state index is 13.9. The van der Waals surface area contributed by atoms with Crippen LogP contribution in [0, 0.1) is 11.6 Å². The normalized spacial score (nSPS) is 13.0. The largest absolute Gasteiger partial charge is 0.445 e. The molecule has 1 heterocycles. The molecule has 0 saturated carbocycles. The summed E-state index contributed by atoms with van der Waals surface area (Å²) in [5.74, 6) is -1.53. The minimum Gasteiger partial charge on any atom is -0.445 e. The van der Waals surface area contributed by atoms with Crippen molar-refractivity contribution in [2.24, 2.45) is 0 Å². The molecule has 3 rings (SSSR count). The maximum absolute atomic E-state index is 13.9. The number of amides is 2. The summed E-state index contributed by atoms with van der Waals surface area (Å²) in [5.41, 5.74) is 1.57. The summed E-state index contributed by atoms with van der Waals surface area (Å²) in [5, 5.41) is 2.60. The average Bonchev–Trinajstić information content (AvgIpc) is 2.70. The van der Waals surface area contributed by atoms with E-state index in [4.69, 9.17) is 4.74 Å². The van der Waals surface area contributed by atoms with E-state index in [1.54, 1.807) is 0 Å². The molecule has 0 saturated heterocycles. The van der Waals surface area contributed by atoms with Crippen LogP contribution < -0.4 is 10.2 Å². The summed E-state index contributed by atoms with van der Waals surface area (Å²) in [6.45, 7) is 0.881. The van der Waals surface area contributed by atoms with Gasteiger partial charge in [0.15, 0.2) is 0 Å². The highest BCUT2D eigenvalue weighted by Gasteiger charge is 2.25. The Labute approximate surface area is 162 Å². The third kappa shape index (κ3) is 5.06. The quantitative estimate of drug-likeness (QED) is 0.763. The van der Waals surface area contributed by atoms with Crippen LogP contribution in [0.1, 0.15) is 30.4 Å². The number of ether oxygens (including phenoxy) is 1. The molecule has 1 aliphatic rings. The monoisotopic (exact) mass is 388 g/mol. The van der Waals surface area contributed by atoms with Gasteiger partial charge in [-0.2, -0.15) is 0 Å². The standard InChI is InChI=1S/C21H22F2N2O3/c22-16-12-18(23)17-8-5-11-25(19(17)13-16)20(26)9-4-10-24-21(27)28-14-15-6-2-1-3-7-15/h1-3,6-7,12-13H,4-5,8-11,14H2,(H,24,27). The Morgan fingerprint density at radius 1 is 1.14 bits per heavy atom. The smallest absolute Gasteiger partial charge is 0.407 e. The van der Waals surface area contributed by atoms with E-state index in [1.807, 2.05) is 30.3 Å². The number of alkyl carbamates (subject to hydrolysis) is 1. The van der Waals surface area contributed by atoms with Crippen LogP contribution in [0.3, 0.4) is 0 Å². The zero-order valence-electron chi connectivity index (χ0n) is 15.4. The van der Waals surface area contributed by atoms with Gasteiger partial charge in [-0.1, -0.05) is 30.3 Å². The van der Waals surface area contributed by atoms with Gasteiger partial charge in [0.1, 0.15) is 18.2 Å². The van der Waals surface area contributed by atoms with Gasteiger partial charge in [-0.25, -0.2) is 13.6 Å². The number of anilines is 1. The number of hydrogen-bond donors (Lipinski definition) is 1. The van der Waals surface area contributed by atoms with Crippen molar-refractivity contribution in [3.63, 3.8) is 0 Å². The third-order valence-electron chi connectivity index (χ3n) is 4.59. The molecule has 0 fully saturated rings. The van der Waals surface area contributed by atoms with Gasteiger partial charge >= 0.3 is 6.09 Å². The first kappa shape index (κ1) is 19.8. The zero-order valence-corrected chi connectivity index (χ0v) is 15.4. The summed E-state index contributed by atoms with van der Waals surface area (Å²) in [6, 6.07) is 11.4. The molecule has 0 aliphatic carbocycles. The van der Waals surface area contributed by atoms with Gasteiger partial charge in [-0.3, -0.25) is 4.79 Å². The van der Waals surface area contributed by atoms with Gasteiger partial charge in [0.05, 0.1) is 5.69 Å². The van der Waals surface area contributed by atoms with E-state index in [0.29, 0.717) is 37.1 Å². The molecule has 28 heavy (non-hydrogen) atoms. The summed E-state index contributed by atoms with van der Waals surface area (Å²) in [4.78, 5) is 25.6. The van der Waals surface area contributed by atoms with Crippen LogP contribution in [0.25, 0.3) is 0 Å². The van der Waals surface area contributed by atoms with Crippen LogP contribution in [0.4, 0.5) is 19.3 Å². The van der Waals surface area contributed by atoms with Gasteiger partial charge < -0.3 is 15.0 Å². The molecule has 1 N–H and O–H groups in total. The molecule has 0 aromatic heterocycles. The van der Waals surface area contributed by atoms with Crippen molar-refractivity contribution in [2.45, 2.75) is 32.3 Å². The van der Waals surface area contributed by atoms with E-state index in [-0.39, 0.29) is 25.5 Å². The molecular weight excluding hydrogens is 366 g/mol. The second-order valence-corrected chi connectivity index (χ2v) is 6.63. The Bertz CT molecular complexity index is 843. The number of fused-ring (bicyclic) bond motifs is 1. The molecule has 5 nitrogen and oxygen atoms in total. The third-order valence-corrected chi connectivity index (χ3v) is 4.59. The van der Waals surface area contributed by atoms with Crippen LogP contribution >= 0.6 is 0 Å². The number of nitrogens with zero attached hydrogens (tertiary/aromatic N) is 1. The van der Waals surface area contributed by atoms with Crippen molar-refractivity contribution in [3.05, 3.63) is 65.2 Å². The molecule has 148 valence electrons. The topological polar surface area (TPSA) is 58.6 Å². The van der Waals surface area contributed by atoms with E-state index in [1.165, 1.54) is 11.0 Å². The minimum absolute atomic E-state index is 0.163. The van der Waals surface area contributed by atoms with E-state index < -0.39 is 17.7 Å². The molecule has 0 unspecified atom stereocenters. The summed E-state index contributed by atoms with van der Waals surface area (Å²) < 4.78 is 32.6. The van der Waals surface area contributed by atoms with Gasteiger partial charge in [0, 0.05) is 31.1 Å². The van der Waals surface area contributed by atoms with Gasteiger partial charge in [-0.15, -0.1) is 0 Å². The molecule has 0 radical (unpaired) electrons. The average molecular weight is 388 g/mol. The van der Waals surface area contributed by atoms with Crippen molar-refractivity contribution >= 4 is 17.7 Å². The summed E-state index contributed by atoms with van der Waals surface area (Å²) >= 11 is 0. The molecular formula is C21H22F2N2O3. The van der Waals surface area contributed by atoms with E-state index in [9.17, 15) is 18.4 Å². The Kier molecular flexibility index (Phi) is 6.57. The van der Waals surface area contributed by atoms with Crippen LogP contribution in [-0.4, -0.2) is 25.1 Å². The van der Waals surface area contributed by atoms with Crippen LogP contribution in [0.5, 0.6) is 0 Å². The minimum atomic E-state index is -0.696. The number of nitrogens with one attached hydrogen (secondary N) is 1. The molecule has 0 bridgehead atoms. The van der Waals surface area contributed by atoms with Crippen molar-refractivity contribution in [2.75, 3.05) is 18.0 Å². The first-order chi connectivity index (χ1) is 13.5. The van der Waals surface area contributed by atoms with Crippen LogP contribution in [0.2, 0.25) is 0 Å². The van der Waals surface area contributed by atoms with Crippen LogP contribution in [0.15, 0.2) is 42.5 Å². The number of hydrogen-bond acceptors (Lipinski definition) is 3. The van der Waals surface area contributed by atoms with Gasteiger partial charge in [0.25, 0.3) is 0 Å². The van der Waals surface area contributed by atoms with Crippen molar-refractivity contribution < 1.29 is 23.1 Å². The number of carbonyl (C=O) groups is 2. The van der Waals surface area contributed by atoms with Gasteiger partial charge in [-0.05, 0) is 30.9 Å². The number of benzene rings is 2. The highest BCUT2D eigenvalue weighted by molar-refractivity contribution is 5.94. The van der Waals surface area contributed by atoms with E-state index in [2.05, 4.69) is 5.32 Å². The molecule has 2 amide bonds. The highest BCUT2D eigenvalue weighted by Crippen LogP contribution is 2.30. The predicted molar refractivity (Wildman–Crippen MR) is 101 cm³/mol.